The highest BCUT2D eigenvalue weighted by Gasteiger charge is 2.34. The third-order valence-electron chi connectivity index (χ3n) is 4.62. The fourth-order valence-electron chi connectivity index (χ4n) is 3.16. The van der Waals surface area contributed by atoms with Crippen LogP contribution in [0.2, 0.25) is 0 Å². The van der Waals surface area contributed by atoms with E-state index in [-0.39, 0.29) is 18.2 Å². The van der Waals surface area contributed by atoms with Crippen molar-refractivity contribution in [3.05, 3.63) is 0 Å². The van der Waals surface area contributed by atoms with Gasteiger partial charge in [0.25, 0.3) is 11.8 Å². The summed E-state index contributed by atoms with van der Waals surface area (Å²) >= 11 is 0. The van der Waals surface area contributed by atoms with E-state index >= 15 is 0 Å². The van der Waals surface area contributed by atoms with Crippen LogP contribution in [-0.2, 0) is 9.59 Å². The van der Waals surface area contributed by atoms with Gasteiger partial charge >= 0.3 is 0 Å². The van der Waals surface area contributed by atoms with Crippen molar-refractivity contribution in [1.29, 1.82) is 0 Å². The Morgan fingerprint density at radius 1 is 0.609 bits per heavy atom. The minimum Gasteiger partial charge on any atom is -0.272 e. The molecule has 4 heteroatoms. The zero-order valence-corrected chi connectivity index (χ0v) is 15.3. The van der Waals surface area contributed by atoms with Gasteiger partial charge in [0.1, 0.15) is 6.42 Å². The number of carbonyl (C=O) groups excluding carboxylic acids is 2. The van der Waals surface area contributed by atoms with Crippen LogP contribution in [0.1, 0.15) is 97.3 Å². The van der Waals surface area contributed by atoms with Crippen LogP contribution >= 0.6 is 0 Å². The summed E-state index contributed by atoms with van der Waals surface area (Å²) in [6.07, 6.45) is 14.5. The highest BCUT2D eigenvalue weighted by molar-refractivity contribution is 6.02. The second kappa shape index (κ2) is 12.4. The minimum absolute atomic E-state index is 0.00505. The molecule has 1 heterocycles. The van der Waals surface area contributed by atoms with Gasteiger partial charge in [0.2, 0.25) is 0 Å². The van der Waals surface area contributed by atoms with Crippen molar-refractivity contribution in [1.82, 2.24) is 10.0 Å². The molecule has 1 aliphatic heterocycles. The third-order valence-corrected chi connectivity index (χ3v) is 4.62. The number of carbonyl (C=O) groups is 2. The second-order valence-corrected chi connectivity index (χ2v) is 6.75. The first-order valence-corrected chi connectivity index (χ1v) is 9.81. The lowest BCUT2D eigenvalue weighted by Gasteiger charge is -2.28. The molecule has 0 spiro atoms. The van der Waals surface area contributed by atoms with Gasteiger partial charge < -0.3 is 0 Å². The van der Waals surface area contributed by atoms with Crippen molar-refractivity contribution >= 4 is 11.8 Å². The Hall–Kier alpha value is -1.06. The molecule has 0 bridgehead atoms. The molecule has 0 radical (unpaired) electrons. The van der Waals surface area contributed by atoms with Crippen LogP contribution < -0.4 is 0 Å². The van der Waals surface area contributed by atoms with Gasteiger partial charge in [0.15, 0.2) is 0 Å². The summed E-state index contributed by atoms with van der Waals surface area (Å²) in [6, 6.07) is 0. The molecule has 1 aliphatic rings. The maximum absolute atomic E-state index is 12.0. The molecule has 134 valence electrons. The number of amides is 2. The molecule has 4 nitrogen and oxygen atoms in total. The lowest BCUT2D eigenvalue weighted by molar-refractivity contribution is -0.147. The molecule has 23 heavy (non-hydrogen) atoms. The first-order chi connectivity index (χ1) is 11.2. The van der Waals surface area contributed by atoms with E-state index in [2.05, 4.69) is 13.8 Å². The van der Waals surface area contributed by atoms with E-state index in [4.69, 9.17) is 0 Å². The van der Waals surface area contributed by atoms with Crippen LogP contribution in [0.5, 0.6) is 0 Å². The lowest BCUT2D eigenvalue weighted by atomic mass is 10.1. The predicted octanol–water partition coefficient (Wildman–Crippen LogP) is 4.68. The summed E-state index contributed by atoms with van der Waals surface area (Å²) < 4.78 is 0. The maximum Gasteiger partial charge on any atom is 0.250 e. The van der Waals surface area contributed by atoms with E-state index in [0.717, 1.165) is 25.7 Å². The standard InChI is InChI=1S/C19H36N2O2/c1-3-5-7-9-11-13-15-20-18(22)17-19(23)21(20)16-14-12-10-8-6-4-2/h3-17H2,1-2H3. The van der Waals surface area contributed by atoms with E-state index in [1.54, 1.807) is 10.0 Å². The third kappa shape index (κ3) is 7.85. The van der Waals surface area contributed by atoms with E-state index in [0.29, 0.717) is 13.1 Å². The fraction of sp³-hybridized carbons (Fsp3) is 0.895. The van der Waals surface area contributed by atoms with E-state index in [1.165, 1.54) is 51.4 Å². The van der Waals surface area contributed by atoms with Crippen molar-refractivity contribution in [2.24, 2.45) is 0 Å². The van der Waals surface area contributed by atoms with Crippen LogP contribution in [0.3, 0.4) is 0 Å². The lowest BCUT2D eigenvalue weighted by Crippen LogP contribution is -2.42. The molecule has 0 atom stereocenters. The summed E-state index contributed by atoms with van der Waals surface area (Å²) in [5.74, 6) is -0.0101. The molecular formula is C19H36N2O2. The Balaban J connectivity index is 2.22. The van der Waals surface area contributed by atoms with Crippen molar-refractivity contribution in [2.75, 3.05) is 13.1 Å². The molecule has 0 aliphatic carbocycles. The number of hydrazine groups is 1. The summed E-state index contributed by atoms with van der Waals surface area (Å²) in [5.41, 5.74) is 0. The summed E-state index contributed by atoms with van der Waals surface area (Å²) in [5, 5.41) is 3.43. The van der Waals surface area contributed by atoms with E-state index in [1.807, 2.05) is 0 Å². The number of hydrogen-bond donors (Lipinski definition) is 0. The average molecular weight is 325 g/mol. The maximum atomic E-state index is 12.0. The Labute approximate surface area is 142 Å². The SMILES string of the molecule is CCCCCCCCN1C(=O)CC(=O)N1CCCCCCCC. The largest absolute Gasteiger partial charge is 0.272 e. The van der Waals surface area contributed by atoms with Crippen LogP contribution in [0.15, 0.2) is 0 Å². The molecular weight excluding hydrogens is 288 g/mol. The Morgan fingerprint density at radius 3 is 1.35 bits per heavy atom. The molecule has 0 saturated carbocycles. The van der Waals surface area contributed by atoms with Gasteiger partial charge in [-0.15, -0.1) is 0 Å². The highest BCUT2D eigenvalue weighted by atomic mass is 16.2. The zero-order chi connectivity index (χ0) is 16.9. The monoisotopic (exact) mass is 324 g/mol. The first-order valence-electron chi connectivity index (χ1n) is 9.81. The van der Waals surface area contributed by atoms with Crippen LogP contribution in [0.4, 0.5) is 0 Å². The fourth-order valence-corrected chi connectivity index (χ4v) is 3.16. The smallest absolute Gasteiger partial charge is 0.250 e. The van der Waals surface area contributed by atoms with Crippen LogP contribution in [-0.4, -0.2) is 34.9 Å². The molecule has 0 unspecified atom stereocenters. The van der Waals surface area contributed by atoms with Crippen molar-refractivity contribution < 1.29 is 9.59 Å². The Bertz CT molecular complexity index is 312. The Kier molecular flexibility index (Phi) is 10.8. The van der Waals surface area contributed by atoms with Gasteiger partial charge in [-0.25, -0.2) is 0 Å². The highest BCUT2D eigenvalue weighted by Crippen LogP contribution is 2.17. The van der Waals surface area contributed by atoms with Gasteiger partial charge in [-0.1, -0.05) is 78.1 Å². The molecule has 0 N–H and O–H groups in total. The number of hydrogen-bond acceptors (Lipinski definition) is 2. The van der Waals surface area contributed by atoms with Gasteiger partial charge in [-0.05, 0) is 12.8 Å². The molecule has 0 aromatic rings. The summed E-state index contributed by atoms with van der Waals surface area (Å²) in [7, 11) is 0. The molecule has 0 aromatic heterocycles. The average Bonchev–Trinajstić information content (AvgIpc) is 2.80. The molecule has 1 fully saturated rings. The zero-order valence-electron chi connectivity index (χ0n) is 15.3. The van der Waals surface area contributed by atoms with Gasteiger partial charge in [0.05, 0.1) is 0 Å². The quantitative estimate of drug-likeness (QED) is 0.344. The van der Waals surface area contributed by atoms with Crippen LogP contribution in [0.25, 0.3) is 0 Å². The van der Waals surface area contributed by atoms with Crippen molar-refractivity contribution in [3.8, 4) is 0 Å². The first kappa shape index (κ1) is 20.0. The summed E-state index contributed by atoms with van der Waals surface area (Å²) in [6.45, 7) is 5.86. The van der Waals surface area contributed by atoms with Gasteiger partial charge in [-0.3, -0.25) is 19.6 Å². The Morgan fingerprint density at radius 2 is 0.957 bits per heavy atom. The second-order valence-electron chi connectivity index (χ2n) is 6.75. The number of nitrogens with zero attached hydrogens (tertiary/aromatic N) is 2. The summed E-state index contributed by atoms with van der Waals surface area (Å²) in [4.78, 5) is 24.0. The predicted molar refractivity (Wildman–Crippen MR) is 94.8 cm³/mol. The molecule has 1 saturated heterocycles. The van der Waals surface area contributed by atoms with Crippen molar-refractivity contribution in [3.63, 3.8) is 0 Å². The topological polar surface area (TPSA) is 40.6 Å². The minimum atomic E-state index is -0.00505. The molecule has 0 aromatic carbocycles. The number of unbranched alkanes of at least 4 members (excludes halogenated alkanes) is 10. The van der Waals surface area contributed by atoms with Gasteiger partial charge in [0, 0.05) is 13.1 Å². The van der Waals surface area contributed by atoms with Crippen LogP contribution in [0, 0.1) is 0 Å². The normalized spacial score (nSPS) is 15.0. The van der Waals surface area contributed by atoms with E-state index < -0.39 is 0 Å². The van der Waals surface area contributed by atoms with Gasteiger partial charge in [-0.2, -0.15) is 0 Å². The molecule has 2 amide bonds. The van der Waals surface area contributed by atoms with Crippen molar-refractivity contribution in [2.45, 2.75) is 97.3 Å². The van der Waals surface area contributed by atoms with E-state index in [9.17, 15) is 9.59 Å². The number of rotatable bonds is 14. The molecule has 1 rings (SSSR count).